The van der Waals surface area contributed by atoms with Gasteiger partial charge >= 0.3 is 0 Å². The minimum atomic E-state index is -0.190. The monoisotopic (exact) mass is 256 g/mol. The molecule has 0 radical (unpaired) electrons. The first kappa shape index (κ1) is 12.9. The highest BCUT2D eigenvalue weighted by molar-refractivity contribution is 6.02. The Hall–Kier alpha value is -2.56. The zero-order valence-corrected chi connectivity index (χ0v) is 10.9. The van der Waals surface area contributed by atoms with E-state index >= 15 is 0 Å². The number of aryl methyl sites for hydroxylation is 2. The number of nitrogens with zero attached hydrogens (tertiary/aromatic N) is 1. The Kier molecular flexibility index (Phi) is 3.66. The van der Waals surface area contributed by atoms with E-state index in [-0.39, 0.29) is 5.91 Å². The van der Waals surface area contributed by atoms with Crippen molar-refractivity contribution in [1.82, 2.24) is 10.2 Å². The molecule has 19 heavy (non-hydrogen) atoms. The van der Waals surface area contributed by atoms with Crippen LogP contribution in [0.15, 0.2) is 30.3 Å². The number of amides is 1. The first-order chi connectivity index (χ1) is 9.06. The SMILES string of the molecule is Cc1n[nH]c(C)c1NC(=O)/C=C/c1ccc(N)cc1. The van der Waals surface area contributed by atoms with Crippen LogP contribution in [0.2, 0.25) is 0 Å². The van der Waals surface area contributed by atoms with Gasteiger partial charge in [0.25, 0.3) is 0 Å². The smallest absolute Gasteiger partial charge is 0.248 e. The molecule has 5 nitrogen and oxygen atoms in total. The average molecular weight is 256 g/mol. The first-order valence-corrected chi connectivity index (χ1v) is 5.92. The second-order valence-electron chi connectivity index (χ2n) is 4.30. The molecule has 1 aromatic heterocycles. The van der Waals surface area contributed by atoms with E-state index in [1.807, 2.05) is 26.0 Å². The van der Waals surface area contributed by atoms with Gasteiger partial charge in [0, 0.05) is 11.8 Å². The van der Waals surface area contributed by atoms with E-state index in [1.165, 1.54) is 6.08 Å². The van der Waals surface area contributed by atoms with Crippen molar-refractivity contribution in [1.29, 1.82) is 0 Å². The lowest BCUT2D eigenvalue weighted by Gasteiger charge is -2.01. The summed E-state index contributed by atoms with van der Waals surface area (Å²) in [5.74, 6) is -0.190. The van der Waals surface area contributed by atoms with E-state index in [0.717, 1.165) is 22.6 Å². The molecule has 4 N–H and O–H groups in total. The Balaban J connectivity index is 2.04. The molecule has 0 aliphatic carbocycles. The van der Waals surface area contributed by atoms with Crippen molar-refractivity contribution in [2.24, 2.45) is 0 Å². The predicted molar refractivity (Wildman–Crippen MR) is 76.6 cm³/mol. The molecule has 2 rings (SSSR count). The molecular formula is C14H16N4O. The van der Waals surface area contributed by atoms with E-state index in [0.29, 0.717) is 5.69 Å². The van der Waals surface area contributed by atoms with Crippen LogP contribution in [0.4, 0.5) is 11.4 Å². The van der Waals surface area contributed by atoms with Crippen LogP contribution >= 0.6 is 0 Å². The van der Waals surface area contributed by atoms with Crippen LogP contribution in [0.25, 0.3) is 6.08 Å². The second-order valence-corrected chi connectivity index (χ2v) is 4.30. The zero-order valence-electron chi connectivity index (χ0n) is 10.9. The molecule has 0 bridgehead atoms. The molecule has 0 fully saturated rings. The van der Waals surface area contributed by atoms with Crippen LogP contribution in [0.3, 0.4) is 0 Å². The van der Waals surface area contributed by atoms with Crippen LogP contribution in [-0.4, -0.2) is 16.1 Å². The Morgan fingerprint density at radius 1 is 1.32 bits per heavy atom. The lowest BCUT2D eigenvalue weighted by Crippen LogP contribution is -2.09. The summed E-state index contributed by atoms with van der Waals surface area (Å²) in [5, 5.41) is 9.64. The quantitative estimate of drug-likeness (QED) is 0.581. The molecule has 0 atom stereocenters. The van der Waals surface area contributed by atoms with Gasteiger partial charge in [0.2, 0.25) is 5.91 Å². The molecule has 1 amide bonds. The lowest BCUT2D eigenvalue weighted by atomic mass is 10.2. The number of hydrogen-bond acceptors (Lipinski definition) is 3. The van der Waals surface area contributed by atoms with Crippen molar-refractivity contribution in [2.45, 2.75) is 13.8 Å². The number of aromatic amines is 1. The Morgan fingerprint density at radius 3 is 2.58 bits per heavy atom. The van der Waals surface area contributed by atoms with Gasteiger partial charge in [-0.05, 0) is 37.6 Å². The molecule has 1 aromatic carbocycles. The fourth-order valence-electron chi connectivity index (χ4n) is 1.68. The molecule has 0 saturated heterocycles. The maximum atomic E-state index is 11.8. The second kappa shape index (κ2) is 5.39. The molecule has 0 saturated carbocycles. The zero-order chi connectivity index (χ0) is 13.8. The standard InChI is InChI=1S/C14H16N4O/c1-9-14(10(2)18-17-9)16-13(19)8-5-11-3-6-12(15)7-4-11/h3-8H,15H2,1-2H3,(H,16,19)(H,17,18)/b8-5+. The van der Waals surface area contributed by atoms with Crippen LogP contribution < -0.4 is 11.1 Å². The van der Waals surface area contributed by atoms with Crippen LogP contribution in [0.1, 0.15) is 17.0 Å². The maximum absolute atomic E-state index is 11.8. The van der Waals surface area contributed by atoms with E-state index in [9.17, 15) is 4.79 Å². The number of carbonyl (C=O) groups is 1. The number of H-pyrrole nitrogens is 1. The molecule has 0 spiro atoms. The molecule has 0 aliphatic rings. The van der Waals surface area contributed by atoms with Gasteiger partial charge < -0.3 is 11.1 Å². The van der Waals surface area contributed by atoms with E-state index in [4.69, 9.17) is 5.73 Å². The summed E-state index contributed by atoms with van der Waals surface area (Å²) in [7, 11) is 0. The normalized spacial score (nSPS) is 10.8. The number of aromatic nitrogens is 2. The third-order valence-corrected chi connectivity index (χ3v) is 2.74. The summed E-state index contributed by atoms with van der Waals surface area (Å²) >= 11 is 0. The van der Waals surface area contributed by atoms with Gasteiger partial charge in [-0.1, -0.05) is 12.1 Å². The fraction of sp³-hybridized carbons (Fsp3) is 0.143. The van der Waals surface area contributed by atoms with E-state index < -0.39 is 0 Å². The number of nitrogen functional groups attached to an aromatic ring is 1. The van der Waals surface area contributed by atoms with Gasteiger partial charge in [-0.15, -0.1) is 0 Å². The van der Waals surface area contributed by atoms with Gasteiger partial charge in [0.1, 0.15) is 0 Å². The molecule has 0 unspecified atom stereocenters. The molecular weight excluding hydrogens is 240 g/mol. The van der Waals surface area contributed by atoms with Crippen molar-refractivity contribution >= 4 is 23.4 Å². The Labute approximate surface area is 111 Å². The van der Waals surface area contributed by atoms with Crippen molar-refractivity contribution in [3.8, 4) is 0 Å². The van der Waals surface area contributed by atoms with Crippen LogP contribution in [0.5, 0.6) is 0 Å². The highest BCUT2D eigenvalue weighted by Crippen LogP contribution is 2.16. The number of carbonyl (C=O) groups excluding carboxylic acids is 1. The number of rotatable bonds is 3. The van der Waals surface area contributed by atoms with Crippen LogP contribution in [0, 0.1) is 13.8 Å². The van der Waals surface area contributed by atoms with E-state index in [2.05, 4.69) is 15.5 Å². The highest BCUT2D eigenvalue weighted by atomic mass is 16.1. The van der Waals surface area contributed by atoms with Crippen molar-refractivity contribution in [3.05, 3.63) is 47.3 Å². The number of benzene rings is 1. The lowest BCUT2D eigenvalue weighted by molar-refractivity contribution is -0.111. The molecule has 0 aliphatic heterocycles. The Bertz CT molecular complexity index is 591. The molecule has 1 heterocycles. The summed E-state index contributed by atoms with van der Waals surface area (Å²) < 4.78 is 0. The third-order valence-electron chi connectivity index (χ3n) is 2.74. The van der Waals surface area contributed by atoms with Crippen molar-refractivity contribution in [3.63, 3.8) is 0 Å². The minimum Gasteiger partial charge on any atom is -0.399 e. The van der Waals surface area contributed by atoms with Crippen molar-refractivity contribution in [2.75, 3.05) is 11.1 Å². The highest BCUT2D eigenvalue weighted by Gasteiger charge is 2.07. The maximum Gasteiger partial charge on any atom is 0.248 e. The molecule has 5 heteroatoms. The predicted octanol–water partition coefficient (Wildman–Crippen LogP) is 2.26. The summed E-state index contributed by atoms with van der Waals surface area (Å²) in [5.41, 5.74) is 9.55. The number of anilines is 2. The Morgan fingerprint density at radius 2 is 2.00 bits per heavy atom. The molecule has 2 aromatic rings. The summed E-state index contributed by atoms with van der Waals surface area (Å²) in [6.07, 6.45) is 3.22. The van der Waals surface area contributed by atoms with Gasteiger partial charge in [0.15, 0.2) is 0 Å². The summed E-state index contributed by atoms with van der Waals surface area (Å²) in [4.78, 5) is 11.8. The van der Waals surface area contributed by atoms with Gasteiger partial charge in [-0.3, -0.25) is 9.89 Å². The fourth-order valence-corrected chi connectivity index (χ4v) is 1.68. The van der Waals surface area contributed by atoms with Gasteiger partial charge in [-0.25, -0.2) is 0 Å². The number of hydrogen-bond donors (Lipinski definition) is 3. The average Bonchev–Trinajstić information content (AvgIpc) is 2.70. The molecule has 98 valence electrons. The minimum absolute atomic E-state index is 0.190. The largest absolute Gasteiger partial charge is 0.399 e. The van der Waals surface area contributed by atoms with Gasteiger partial charge in [-0.2, -0.15) is 5.10 Å². The first-order valence-electron chi connectivity index (χ1n) is 5.92. The van der Waals surface area contributed by atoms with E-state index in [1.54, 1.807) is 18.2 Å². The van der Waals surface area contributed by atoms with Gasteiger partial charge in [0.05, 0.1) is 17.1 Å². The van der Waals surface area contributed by atoms with Crippen LogP contribution in [-0.2, 0) is 4.79 Å². The third kappa shape index (κ3) is 3.22. The number of nitrogens with one attached hydrogen (secondary N) is 2. The number of nitrogens with two attached hydrogens (primary N) is 1. The summed E-state index contributed by atoms with van der Waals surface area (Å²) in [6.45, 7) is 3.70. The summed E-state index contributed by atoms with van der Waals surface area (Å²) in [6, 6.07) is 7.30. The van der Waals surface area contributed by atoms with Crippen molar-refractivity contribution < 1.29 is 4.79 Å². The topological polar surface area (TPSA) is 83.8 Å².